The number of hydrogen-bond donors (Lipinski definition) is 1. The first kappa shape index (κ1) is 18.7. The zero-order valence-corrected chi connectivity index (χ0v) is 16.2. The average Bonchev–Trinajstić information content (AvgIpc) is 3.11. The van der Waals surface area contributed by atoms with Gasteiger partial charge >= 0.3 is 0 Å². The normalized spacial score (nSPS) is 25.1. The van der Waals surface area contributed by atoms with Crippen LogP contribution in [0.2, 0.25) is 0 Å². The maximum atomic E-state index is 12.5. The second kappa shape index (κ2) is 8.56. The van der Waals surface area contributed by atoms with Crippen LogP contribution in [-0.4, -0.2) is 52.8 Å². The molecule has 0 saturated heterocycles. The Labute approximate surface area is 154 Å². The number of carbonyl (C=O) groups is 1. The van der Waals surface area contributed by atoms with E-state index in [4.69, 9.17) is 4.74 Å². The van der Waals surface area contributed by atoms with Gasteiger partial charge in [0.15, 0.2) is 0 Å². The number of aromatic nitrogens is 2. The summed E-state index contributed by atoms with van der Waals surface area (Å²) in [4.78, 5) is 14.9. The smallest absolute Gasteiger partial charge is 0.240 e. The first-order valence-corrected chi connectivity index (χ1v) is 10.5. The Kier molecular flexibility index (Phi) is 6.41. The lowest BCUT2D eigenvalue weighted by Crippen LogP contribution is -2.66. The Morgan fingerprint density at radius 2 is 2.20 bits per heavy atom. The van der Waals surface area contributed by atoms with Crippen molar-refractivity contribution in [2.75, 3.05) is 25.0 Å². The van der Waals surface area contributed by atoms with Crippen molar-refractivity contribution in [3.63, 3.8) is 0 Å². The van der Waals surface area contributed by atoms with Crippen molar-refractivity contribution in [1.82, 2.24) is 15.1 Å². The second-order valence-electron chi connectivity index (χ2n) is 7.25. The summed E-state index contributed by atoms with van der Waals surface area (Å²) in [6.07, 6.45) is 8.86. The third kappa shape index (κ3) is 4.04. The van der Waals surface area contributed by atoms with Gasteiger partial charge in [-0.05, 0) is 39.2 Å². The van der Waals surface area contributed by atoms with Crippen LogP contribution in [0, 0.1) is 5.41 Å². The molecular weight excluding hydrogens is 336 g/mol. The highest BCUT2D eigenvalue weighted by Crippen LogP contribution is 2.55. The molecule has 2 fully saturated rings. The van der Waals surface area contributed by atoms with Crippen LogP contribution in [0.25, 0.3) is 0 Å². The van der Waals surface area contributed by atoms with Gasteiger partial charge in [-0.3, -0.25) is 15.0 Å². The van der Waals surface area contributed by atoms with E-state index in [1.165, 1.54) is 43.4 Å². The van der Waals surface area contributed by atoms with Crippen LogP contribution in [0.15, 0.2) is 5.51 Å². The molecule has 25 heavy (non-hydrogen) atoms. The molecule has 1 amide bonds. The quantitative estimate of drug-likeness (QED) is 0.764. The number of amides is 1. The highest BCUT2D eigenvalue weighted by Gasteiger charge is 2.57. The minimum atomic E-state index is 0.0102. The molecule has 0 unspecified atom stereocenters. The largest absolute Gasteiger partial charge is 0.378 e. The first-order chi connectivity index (χ1) is 12.2. The number of nitrogens with zero attached hydrogens (tertiary/aromatic N) is 3. The number of carbonyl (C=O) groups excluding carboxylic acids is 1. The van der Waals surface area contributed by atoms with E-state index in [1.807, 2.05) is 0 Å². The number of rotatable bonds is 8. The van der Waals surface area contributed by atoms with Crippen molar-refractivity contribution >= 4 is 22.4 Å². The van der Waals surface area contributed by atoms with Crippen LogP contribution in [0.5, 0.6) is 0 Å². The van der Waals surface area contributed by atoms with E-state index in [2.05, 4.69) is 34.3 Å². The second-order valence-corrected chi connectivity index (χ2v) is 8.09. The van der Waals surface area contributed by atoms with E-state index in [0.29, 0.717) is 23.8 Å². The summed E-state index contributed by atoms with van der Waals surface area (Å²) in [5, 5.41) is 11.1. The maximum absolute atomic E-state index is 12.5. The fourth-order valence-electron chi connectivity index (χ4n) is 4.74. The van der Waals surface area contributed by atoms with Gasteiger partial charge in [0.05, 0.1) is 12.6 Å². The zero-order valence-electron chi connectivity index (χ0n) is 15.4. The predicted molar refractivity (Wildman–Crippen MR) is 99.7 cm³/mol. The van der Waals surface area contributed by atoms with Gasteiger partial charge in [0.2, 0.25) is 11.0 Å². The molecule has 7 heteroatoms. The van der Waals surface area contributed by atoms with Crippen LogP contribution >= 0.6 is 11.3 Å². The number of anilines is 1. The minimum Gasteiger partial charge on any atom is -0.378 e. The number of ether oxygens (including phenoxy) is 1. The van der Waals surface area contributed by atoms with Gasteiger partial charge in [-0.2, -0.15) is 0 Å². The lowest BCUT2D eigenvalue weighted by molar-refractivity contribution is -0.183. The fourth-order valence-corrected chi connectivity index (χ4v) is 5.20. The lowest BCUT2D eigenvalue weighted by atomic mass is 9.54. The molecule has 2 aliphatic rings. The number of nitrogens with one attached hydrogen (secondary N) is 1. The molecule has 0 aromatic carbocycles. The standard InChI is InChI=1S/C18H30N4O2S/c1-3-10-22(12-16(23)20-17-21-19-13-25-17)14-11-15(24-4-2)18(14)8-6-5-7-9-18/h13-15H,3-12H2,1-2H3,(H,20,21,23)/t14-,15-/m0/s1. The third-order valence-corrected chi connectivity index (χ3v) is 6.41. The Morgan fingerprint density at radius 3 is 2.84 bits per heavy atom. The van der Waals surface area contributed by atoms with Crippen molar-refractivity contribution in [1.29, 1.82) is 0 Å². The summed E-state index contributed by atoms with van der Waals surface area (Å²) >= 11 is 1.36. The molecule has 1 heterocycles. The van der Waals surface area contributed by atoms with E-state index >= 15 is 0 Å². The molecule has 2 saturated carbocycles. The molecule has 1 aromatic heterocycles. The molecule has 2 atom stereocenters. The van der Waals surface area contributed by atoms with E-state index in [-0.39, 0.29) is 11.3 Å². The van der Waals surface area contributed by atoms with Crippen LogP contribution in [-0.2, 0) is 9.53 Å². The SMILES string of the molecule is CCCN(CC(=O)Nc1nncs1)[C@H]1C[C@H](OCC)C12CCCCC2. The fraction of sp³-hybridized carbons (Fsp3) is 0.833. The van der Waals surface area contributed by atoms with Crippen molar-refractivity contribution in [2.45, 2.75) is 70.9 Å². The van der Waals surface area contributed by atoms with Crippen molar-refractivity contribution in [3.8, 4) is 0 Å². The van der Waals surface area contributed by atoms with E-state index in [1.54, 1.807) is 5.51 Å². The summed E-state index contributed by atoms with van der Waals surface area (Å²) in [5.41, 5.74) is 1.89. The average molecular weight is 367 g/mol. The molecule has 140 valence electrons. The van der Waals surface area contributed by atoms with Crippen molar-refractivity contribution < 1.29 is 9.53 Å². The van der Waals surface area contributed by atoms with Gasteiger partial charge in [-0.25, -0.2) is 0 Å². The minimum absolute atomic E-state index is 0.0102. The highest BCUT2D eigenvalue weighted by atomic mass is 32.1. The first-order valence-electron chi connectivity index (χ1n) is 9.61. The van der Waals surface area contributed by atoms with Crippen LogP contribution in [0.4, 0.5) is 5.13 Å². The van der Waals surface area contributed by atoms with E-state index < -0.39 is 0 Å². The van der Waals surface area contributed by atoms with Gasteiger partial charge in [-0.1, -0.05) is 37.5 Å². The van der Waals surface area contributed by atoms with Crippen LogP contribution in [0.1, 0.15) is 58.8 Å². The van der Waals surface area contributed by atoms with Gasteiger partial charge in [0.1, 0.15) is 5.51 Å². The van der Waals surface area contributed by atoms with Crippen molar-refractivity contribution in [2.24, 2.45) is 5.41 Å². The highest BCUT2D eigenvalue weighted by molar-refractivity contribution is 7.13. The Bertz CT molecular complexity index is 545. The Hall–Kier alpha value is -1.05. The summed E-state index contributed by atoms with van der Waals surface area (Å²) in [5.74, 6) is 0.0102. The zero-order chi connectivity index (χ0) is 17.7. The van der Waals surface area contributed by atoms with Crippen LogP contribution in [0.3, 0.4) is 0 Å². The van der Waals surface area contributed by atoms with Crippen molar-refractivity contribution in [3.05, 3.63) is 5.51 Å². The summed E-state index contributed by atoms with van der Waals surface area (Å²) in [7, 11) is 0. The van der Waals surface area contributed by atoms with Gasteiger partial charge < -0.3 is 4.74 Å². The lowest BCUT2D eigenvalue weighted by Gasteiger charge is -2.60. The topological polar surface area (TPSA) is 67.4 Å². The monoisotopic (exact) mass is 366 g/mol. The molecule has 0 aliphatic heterocycles. The van der Waals surface area contributed by atoms with Gasteiger partial charge in [0.25, 0.3) is 0 Å². The molecule has 6 nitrogen and oxygen atoms in total. The molecule has 1 N–H and O–H groups in total. The predicted octanol–water partition coefficient (Wildman–Crippen LogP) is 3.32. The molecule has 1 aromatic rings. The van der Waals surface area contributed by atoms with E-state index in [9.17, 15) is 4.79 Å². The summed E-state index contributed by atoms with van der Waals surface area (Å²) < 4.78 is 6.08. The molecule has 3 rings (SSSR count). The molecule has 0 radical (unpaired) electrons. The molecule has 1 spiro atoms. The Balaban J connectivity index is 1.67. The maximum Gasteiger partial charge on any atom is 0.240 e. The molecule has 2 aliphatic carbocycles. The van der Waals surface area contributed by atoms with E-state index in [0.717, 1.165) is 26.0 Å². The summed E-state index contributed by atoms with van der Waals surface area (Å²) in [6, 6.07) is 0.462. The Morgan fingerprint density at radius 1 is 1.40 bits per heavy atom. The van der Waals surface area contributed by atoms with Gasteiger partial charge in [0, 0.05) is 18.1 Å². The summed E-state index contributed by atoms with van der Waals surface area (Å²) in [6.45, 7) is 6.43. The molecule has 0 bridgehead atoms. The van der Waals surface area contributed by atoms with Crippen LogP contribution < -0.4 is 5.32 Å². The molecular formula is C18H30N4O2S. The number of hydrogen-bond acceptors (Lipinski definition) is 6. The third-order valence-electron chi connectivity index (χ3n) is 5.80. The van der Waals surface area contributed by atoms with Gasteiger partial charge in [-0.15, -0.1) is 10.2 Å².